The van der Waals surface area contributed by atoms with Gasteiger partial charge >= 0.3 is 5.97 Å². The van der Waals surface area contributed by atoms with Crippen molar-refractivity contribution in [3.63, 3.8) is 0 Å². The van der Waals surface area contributed by atoms with Crippen molar-refractivity contribution in [2.45, 2.75) is 12.5 Å². The van der Waals surface area contributed by atoms with Crippen LogP contribution in [0.2, 0.25) is 0 Å². The average Bonchev–Trinajstić information content (AvgIpc) is 2.56. The van der Waals surface area contributed by atoms with Gasteiger partial charge in [-0.15, -0.1) is 0 Å². The lowest BCUT2D eigenvalue weighted by atomic mass is 10.2. The second-order valence-electron chi connectivity index (χ2n) is 4.79. The van der Waals surface area contributed by atoms with E-state index in [4.69, 9.17) is 21.7 Å². The van der Waals surface area contributed by atoms with Crippen molar-refractivity contribution in [2.24, 2.45) is 0 Å². The summed E-state index contributed by atoms with van der Waals surface area (Å²) < 4.78 is 10.5. The monoisotopic (exact) mass is 340 g/mol. The molecule has 1 aliphatic rings. The highest BCUT2D eigenvalue weighted by Crippen LogP contribution is 2.33. The predicted molar refractivity (Wildman–Crippen MR) is 93.8 cm³/mol. The Morgan fingerprint density at radius 3 is 3.05 bits per heavy atom. The third-order valence-electron chi connectivity index (χ3n) is 3.28. The van der Waals surface area contributed by atoms with Gasteiger partial charge in [-0.3, -0.25) is 0 Å². The van der Waals surface area contributed by atoms with E-state index in [9.17, 15) is 4.79 Å². The van der Waals surface area contributed by atoms with Crippen molar-refractivity contribution < 1.29 is 14.3 Å². The smallest absolute Gasteiger partial charge is 0.348 e. The van der Waals surface area contributed by atoms with Gasteiger partial charge in [0.15, 0.2) is 5.11 Å². The molecule has 0 saturated heterocycles. The molecule has 0 unspecified atom stereocenters. The fourth-order valence-corrected chi connectivity index (χ4v) is 2.90. The maximum absolute atomic E-state index is 11.8. The number of hydrogen-bond acceptors (Lipinski definition) is 5. The van der Waals surface area contributed by atoms with Gasteiger partial charge in [-0.05, 0) is 42.8 Å². The minimum Gasteiger partial charge on any atom is -0.475 e. The number of anilines is 1. The molecule has 0 aliphatic carbocycles. The molecule has 1 N–H and O–H groups in total. The van der Waals surface area contributed by atoms with E-state index < -0.39 is 12.1 Å². The van der Waals surface area contributed by atoms with E-state index in [2.05, 4.69) is 11.6 Å². The molecule has 0 spiro atoms. The number of fused-ring (bicyclic) bond motifs is 1. The number of esters is 1. The molecule has 0 aromatic heterocycles. The number of carbonyl (C=O) groups is 1. The predicted octanol–water partition coefficient (Wildman–Crippen LogP) is 2.05. The first-order chi connectivity index (χ1) is 10.7. The Balaban J connectivity index is 2.10. The molecule has 7 heteroatoms. The van der Waals surface area contributed by atoms with Gasteiger partial charge in [0.25, 0.3) is 0 Å². The lowest BCUT2D eigenvalue weighted by Crippen LogP contribution is -2.50. The second-order valence-corrected chi connectivity index (χ2v) is 6.16. The summed E-state index contributed by atoms with van der Waals surface area (Å²) in [6.45, 7) is 1.15. The highest BCUT2D eigenvalue weighted by atomic mass is 32.2. The van der Waals surface area contributed by atoms with Crippen LogP contribution >= 0.6 is 24.0 Å². The molecule has 1 atom stereocenters. The number of para-hydroxylation sites is 2. The van der Waals surface area contributed by atoms with Gasteiger partial charge in [-0.25, -0.2) is 4.79 Å². The summed E-state index contributed by atoms with van der Waals surface area (Å²) in [5.41, 5.74) is 0.866. The summed E-state index contributed by atoms with van der Waals surface area (Å²) >= 11 is 7.28. The number of nitrogens with zero attached hydrogens (tertiary/aromatic N) is 1. The number of thioether (sulfide) groups is 1. The van der Waals surface area contributed by atoms with Crippen LogP contribution in [0, 0.1) is 0 Å². The fraction of sp³-hybridized carbons (Fsp3) is 0.467. The molecule has 1 aliphatic heterocycles. The van der Waals surface area contributed by atoms with Crippen molar-refractivity contribution in [1.82, 2.24) is 5.32 Å². The van der Waals surface area contributed by atoms with Crippen LogP contribution in [-0.4, -0.2) is 49.4 Å². The highest BCUT2D eigenvalue weighted by Gasteiger charge is 2.32. The molecular formula is C15H20N2O3S2. The Hall–Kier alpha value is -1.47. The molecule has 1 aromatic rings. The zero-order valence-corrected chi connectivity index (χ0v) is 14.3. The molecule has 0 bridgehead atoms. The van der Waals surface area contributed by atoms with Crippen LogP contribution in [0.5, 0.6) is 5.75 Å². The van der Waals surface area contributed by atoms with Crippen molar-refractivity contribution >= 4 is 40.7 Å². The van der Waals surface area contributed by atoms with Crippen LogP contribution in [0.25, 0.3) is 0 Å². The first-order valence-corrected chi connectivity index (χ1v) is 8.85. The van der Waals surface area contributed by atoms with Gasteiger partial charge in [0, 0.05) is 6.54 Å². The third kappa shape index (κ3) is 4.04. The topological polar surface area (TPSA) is 50.8 Å². The van der Waals surface area contributed by atoms with Crippen molar-refractivity contribution in [1.29, 1.82) is 0 Å². The maximum atomic E-state index is 11.8. The normalized spacial score (nSPS) is 16.5. The molecule has 1 aromatic carbocycles. The number of hydrogen-bond donors (Lipinski definition) is 1. The molecule has 120 valence electrons. The number of ether oxygens (including phenoxy) is 2. The first kappa shape index (κ1) is 16.9. The Labute approximate surface area is 140 Å². The molecule has 1 heterocycles. The van der Waals surface area contributed by atoms with Gasteiger partial charge < -0.3 is 19.7 Å². The number of nitrogens with one attached hydrogen (secondary N) is 1. The van der Waals surface area contributed by atoms with Gasteiger partial charge in [-0.2, -0.15) is 11.8 Å². The van der Waals surface area contributed by atoms with E-state index in [1.165, 1.54) is 7.11 Å². The summed E-state index contributed by atoms with van der Waals surface area (Å²) in [5.74, 6) is 1.32. The Morgan fingerprint density at radius 1 is 1.55 bits per heavy atom. The number of rotatable bonds is 5. The van der Waals surface area contributed by atoms with E-state index in [0.717, 1.165) is 24.4 Å². The molecule has 0 saturated carbocycles. The number of carbonyl (C=O) groups excluding carboxylic acids is 1. The van der Waals surface area contributed by atoms with E-state index in [1.807, 2.05) is 29.2 Å². The summed E-state index contributed by atoms with van der Waals surface area (Å²) in [4.78, 5) is 13.7. The lowest BCUT2D eigenvalue weighted by molar-refractivity contribution is -0.148. The van der Waals surface area contributed by atoms with E-state index in [0.29, 0.717) is 17.4 Å². The minimum absolute atomic E-state index is 0.345. The number of thiocarbonyl (C=S) groups is 1. The van der Waals surface area contributed by atoms with E-state index in [-0.39, 0.29) is 0 Å². The van der Waals surface area contributed by atoms with Crippen LogP contribution in [0.1, 0.15) is 6.42 Å². The van der Waals surface area contributed by atoms with Crippen molar-refractivity contribution in [2.75, 3.05) is 37.1 Å². The summed E-state index contributed by atoms with van der Waals surface area (Å²) in [7, 11) is 1.36. The zero-order chi connectivity index (χ0) is 15.9. The highest BCUT2D eigenvalue weighted by molar-refractivity contribution is 7.98. The van der Waals surface area contributed by atoms with E-state index >= 15 is 0 Å². The van der Waals surface area contributed by atoms with Crippen molar-refractivity contribution in [3.8, 4) is 5.75 Å². The lowest BCUT2D eigenvalue weighted by Gasteiger charge is -2.35. The van der Waals surface area contributed by atoms with Gasteiger partial charge in [0.05, 0.1) is 19.3 Å². The van der Waals surface area contributed by atoms with Crippen LogP contribution in [0.15, 0.2) is 24.3 Å². The molecule has 2 rings (SSSR count). The SMILES string of the molecule is COC(=O)[C@@H]1CN(C(=S)NCCCSC)c2ccccc2O1. The molecule has 0 amide bonds. The van der Waals surface area contributed by atoms with Crippen molar-refractivity contribution in [3.05, 3.63) is 24.3 Å². The molecule has 22 heavy (non-hydrogen) atoms. The molecule has 0 fully saturated rings. The molecule has 0 radical (unpaired) electrons. The second kappa shape index (κ2) is 8.24. The Kier molecular flexibility index (Phi) is 6.33. The quantitative estimate of drug-likeness (QED) is 0.500. The minimum atomic E-state index is -0.675. The summed E-state index contributed by atoms with van der Waals surface area (Å²) in [5, 5.41) is 3.84. The van der Waals surface area contributed by atoms with Gasteiger partial charge in [-0.1, -0.05) is 12.1 Å². The van der Waals surface area contributed by atoms with E-state index in [1.54, 1.807) is 11.8 Å². The number of methoxy groups -OCH3 is 1. The Morgan fingerprint density at radius 2 is 2.32 bits per heavy atom. The van der Waals surface area contributed by atoms with Gasteiger partial charge in [0.2, 0.25) is 6.10 Å². The van der Waals surface area contributed by atoms with Crippen LogP contribution < -0.4 is 15.0 Å². The standard InChI is InChI=1S/C15H20N2O3S2/c1-19-14(18)13-10-17(15(21)16-8-5-9-22-2)11-6-3-4-7-12(11)20-13/h3-4,6-7,13H,5,8-10H2,1-2H3,(H,16,21)/t13-/m0/s1. The van der Waals surface area contributed by atoms with Crippen LogP contribution in [0.3, 0.4) is 0 Å². The zero-order valence-electron chi connectivity index (χ0n) is 12.7. The fourth-order valence-electron chi connectivity index (χ4n) is 2.19. The summed E-state index contributed by atoms with van der Waals surface area (Å²) in [6.07, 6.45) is 2.44. The maximum Gasteiger partial charge on any atom is 0.348 e. The third-order valence-corrected chi connectivity index (χ3v) is 4.35. The largest absolute Gasteiger partial charge is 0.475 e. The van der Waals surface area contributed by atoms with Crippen LogP contribution in [0.4, 0.5) is 5.69 Å². The molecule has 5 nitrogen and oxygen atoms in total. The molecular weight excluding hydrogens is 320 g/mol. The summed E-state index contributed by atoms with van der Waals surface area (Å²) in [6, 6.07) is 7.54. The average molecular weight is 340 g/mol. The first-order valence-electron chi connectivity index (χ1n) is 7.05. The van der Waals surface area contributed by atoms with Gasteiger partial charge in [0.1, 0.15) is 5.75 Å². The number of benzene rings is 1. The Bertz CT molecular complexity index is 539. The van der Waals surface area contributed by atoms with Crippen LogP contribution in [-0.2, 0) is 9.53 Å².